The summed E-state index contributed by atoms with van der Waals surface area (Å²) in [7, 11) is 0. The Morgan fingerprint density at radius 2 is 1.57 bits per heavy atom. The van der Waals surface area contributed by atoms with E-state index in [1.54, 1.807) is 17.0 Å². The fourth-order valence-corrected chi connectivity index (χ4v) is 3.84. The van der Waals surface area contributed by atoms with Crippen LogP contribution in [0.4, 0.5) is 0 Å². The minimum Gasteiger partial charge on any atom is -0.334 e. The molecule has 3 aromatic carbocycles. The minimum atomic E-state index is -0.124. The molecule has 0 aliphatic heterocycles. The van der Waals surface area contributed by atoms with E-state index >= 15 is 0 Å². The zero-order valence-electron chi connectivity index (χ0n) is 16.3. The second kappa shape index (κ2) is 9.29. The van der Waals surface area contributed by atoms with Gasteiger partial charge in [0.15, 0.2) is 0 Å². The summed E-state index contributed by atoms with van der Waals surface area (Å²) in [5.41, 5.74) is 3.29. The first-order chi connectivity index (χ1) is 14.6. The number of halogens is 2. The van der Waals surface area contributed by atoms with E-state index in [0.717, 1.165) is 28.5 Å². The summed E-state index contributed by atoms with van der Waals surface area (Å²) in [6, 6.07) is 27.0. The van der Waals surface area contributed by atoms with E-state index in [-0.39, 0.29) is 5.91 Å². The lowest BCUT2D eigenvalue weighted by molar-refractivity contribution is 0.0745. The highest BCUT2D eigenvalue weighted by molar-refractivity contribution is 6.33. The van der Waals surface area contributed by atoms with Crippen LogP contribution in [0.2, 0.25) is 10.2 Å². The van der Waals surface area contributed by atoms with E-state index in [2.05, 4.69) is 17.1 Å². The molecule has 4 aromatic rings. The minimum absolute atomic E-state index is 0.124. The normalized spacial score (nSPS) is 10.9. The van der Waals surface area contributed by atoms with Crippen LogP contribution in [0.15, 0.2) is 84.9 Å². The van der Waals surface area contributed by atoms with Crippen LogP contribution in [0.1, 0.15) is 21.5 Å². The van der Waals surface area contributed by atoms with Gasteiger partial charge in [-0.05, 0) is 36.2 Å². The predicted octanol–water partition coefficient (Wildman–Crippen LogP) is 6.43. The highest BCUT2D eigenvalue weighted by Gasteiger charge is 2.20. The van der Waals surface area contributed by atoms with Gasteiger partial charge in [0.25, 0.3) is 5.91 Å². The Hall–Kier alpha value is -2.88. The number of para-hydroxylation sites is 1. The molecule has 30 heavy (non-hydrogen) atoms. The fraction of sp³-hybridized carbons (Fsp3) is 0.120. The van der Waals surface area contributed by atoms with Gasteiger partial charge in [0.2, 0.25) is 0 Å². The second-order valence-electron chi connectivity index (χ2n) is 7.07. The van der Waals surface area contributed by atoms with E-state index < -0.39 is 0 Å². The van der Waals surface area contributed by atoms with Crippen molar-refractivity contribution in [1.29, 1.82) is 0 Å². The molecule has 0 spiro atoms. The number of nitrogens with zero attached hydrogens (tertiary/aromatic N) is 2. The number of rotatable bonds is 6. The van der Waals surface area contributed by atoms with Crippen LogP contribution >= 0.6 is 23.2 Å². The Morgan fingerprint density at radius 1 is 0.867 bits per heavy atom. The van der Waals surface area contributed by atoms with Crippen LogP contribution in [-0.2, 0) is 13.0 Å². The standard InChI is InChI=1S/C25H20Cl2N2O/c26-22-12-6-5-11-21(22)25(30)29(15-14-18-8-2-1-3-9-18)17-20-16-19-10-4-7-13-23(19)28-24(20)27/h1-13,16H,14-15,17H2. The summed E-state index contributed by atoms with van der Waals surface area (Å²) < 4.78 is 0. The highest BCUT2D eigenvalue weighted by atomic mass is 35.5. The number of amides is 1. The SMILES string of the molecule is O=C(c1ccccc1Cl)N(CCc1ccccc1)Cc1cc2ccccc2nc1Cl. The number of hydrogen-bond donors (Lipinski definition) is 0. The van der Waals surface area contributed by atoms with Crippen molar-refractivity contribution < 1.29 is 4.79 Å². The predicted molar refractivity (Wildman–Crippen MR) is 123 cm³/mol. The number of carbonyl (C=O) groups is 1. The average molecular weight is 435 g/mol. The first-order valence-corrected chi connectivity index (χ1v) is 10.5. The number of carbonyl (C=O) groups excluding carboxylic acids is 1. The monoisotopic (exact) mass is 434 g/mol. The molecule has 0 aliphatic carbocycles. The van der Waals surface area contributed by atoms with Gasteiger partial charge in [0.05, 0.1) is 16.1 Å². The molecule has 1 heterocycles. The zero-order chi connectivity index (χ0) is 20.9. The molecule has 0 aliphatic rings. The second-order valence-corrected chi connectivity index (χ2v) is 7.84. The lowest BCUT2D eigenvalue weighted by Gasteiger charge is -2.24. The molecule has 0 unspecified atom stereocenters. The Labute approximate surface area is 185 Å². The fourth-order valence-electron chi connectivity index (χ4n) is 3.42. The van der Waals surface area contributed by atoms with Crippen LogP contribution in [0, 0.1) is 0 Å². The van der Waals surface area contributed by atoms with Crippen LogP contribution in [0.3, 0.4) is 0 Å². The molecule has 1 aromatic heterocycles. The molecule has 3 nitrogen and oxygen atoms in total. The van der Waals surface area contributed by atoms with Crippen molar-refractivity contribution in [2.75, 3.05) is 6.54 Å². The molecular formula is C25H20Cl2N2O. The third-order valence-electron chi connectivity index (χ3n) is 5.02. The van der Waals surface area contributed by atoms with Gasteiger partial charge in [0, 0.05) is 24.0 Å². The van der Waals surface area contributed by atoms with E-state index in [1.165, 1.54) is 0 Å². The Morgan fingerprint density at radius 3 is 2.37 bits per heavy atom. The summed E-state index contributed by atoms with van der Waals surface area (Å²) in [4.78, 5) is 19.6. The molecule has 0 bridgehead atoms. The maximum Gasteiger partial charge on any atom is 0.255 e. The van der Waals surface area contributed by atoms with Crippen molar-refractivity contribution in [3.05, 3.63) is 112 Å². The van der Waals surface area contributed by atoms with Crippen LogP contribution < -0.4 is 0 Å². The van der Waals surface area contributed by atoms with E-state index in [1.807, 2.05) is 60.7 Å². The molecular weight excluding hydrogens is 415 g/mol. The molecule has 0 atom stereocenters. The third-order valence-corrected chi connectivity index (χ3v) is 5.67. The van der Waals surface area contributed by atoms with Crippen LogP contribution in [0.25, 0.3) is 10.9 Å². The number of pyridine rings is 1. The Bertz CT molecular complexity index is 1180. The van der Waals surface area contributed by atoms with Crippen molar-refractivity contribution in [1.82, 2.24) is 9.88 Å². The summed E-state index contributed by atoms with van der Waals surface area (Å²) in [5.74, 6) is -0.124. The topological polar surface area (TPSA) is 33.2 Å². The molecule has 0 N–H and O–H groups in total. The van der Waals surface area contributed by atoms with Gasteiger partial charge in [-0.15, -0.1) is 0 Å². The summed E-state index contributed by atoms with van der Waals surface area (Å²) in [6.45, 7) is 0.894. The average Bonchev–Trinajstić information content (AvgIpc) is 2.77. The number of aromatic nitrogens is 1. The smallest absolute Gasteiger partial charge is 0.255 e. The Kier molecular flexibility index (Phi) is 6.32. The number of hydrogen-bond acceptors (Lipinski definition) is 2. The highest BCUT2D eigenvalue weighted by Crippen LogP contribution is 2.24. The molecule has 4 rings (SSSR count). The summed E-state index contributed by atoms with van der Waals surface area (Å²) >= 11 is 12.8. The molecule has 0 fully saturated rings. The van der Waals surface area contributed by atoms with Gasteiger partial charge in [0.1, 0.15) is 5.15 Å². The third kappa shape index (κ3) is 4.64. The quantitative estimate of drug-likeness (QED) is 0.327. The van der Waals surface area contributed by atoms with Crippen molar-refractivity contribution in [2.45, 2.75) is 13.0 Å². The Balaban J connectivity index is 1.65. The van der Waals surface area contributed by atoms with Gasteiger partial charge in [-0.25, -0.2) is 4.98 Å². The van der Waals surface area contributed by atoms with E-state index in [4.69, 9.17) is 23.2 Å². The molecule has 0 saturated heterocycles. The lowest BCUT2D eigenvalue weighted by atomic mass is 10.1. The first-order valence-electron chi connectivity index (χ1n) is 9.74. The molecule has 5 heteroatoms. The maximum absolute atomic E-state index is 13.3. The zero-order valence-corrected chi connectivity index (χ0v) is 17.8. The number of benzene rings is 3. The molecule has 0 saturated carbocycles. The van der Waals surface area contributed by atoms with Crippen molar-refractivity contribution in [3.8, 4) is 0 Å². The molecule has 1 amide bonds. The number of fused-ring (bicyclic) bond motifs is 1. The van der Waals surface area contributed by atoms with Crippen LogP contribution in [0.5, 0.6) is 0 Å². The van der Waals surface area contributed by atoms with Crippen LogP contribution in [-0.4, -0.2) is 22.3 Å². The lowest BCUT2D eigenvalue weighted by Crippen LogP contribution is -2.33. The van der Waals surface area contributed by atoms with Gasteiger partial charge in [-0.2, -0.15) is 0 Å². The summed E-state index contributed by atoms with van der Waals surface area (Å²) in [6.07, 6.45) is 0.732. The van der Waals surface area contributed by atoms with Gasteiger partial charge in [-0.3, -0.25) is 4.79 Å². The summed E-state index contributed by atoms with van der Waals surface area (Å²) in [5, 5.41) is 1.84. The van der Waals surface area contributed by atoms with Crippen molar-refractivity contribution in [2.24, 2.45) is 0 Å². The van der Waals surface area contributed by atoms with Crippen molar-refractivity contribution >= 4 is 40.0 Å². The van der Waals surface area contributed by atoms with Gasteiger partial charge >= 0.3 is 0 Å². The van der Waals surface area contributed by atoms with Gasteiger partial charge < -0.3 is 4.90 Å². The van der Waals surface area contributed by atoms with E-state index in [9.17, 15) is 4.79 Å². The molecule has 0 radical (unpaired) electrons. The largest absolute Gasteiger partial charge is 0.334 e. The maximum atomic E-state index is 13.3. The van der Waals surface area contributed by atoms with Crippen molar-refractivity contribution in [3.63, 3.8) is 0 Å². The van der Waals surface area contributed by atoms with E-state index in [0.29, 0.717) is 28.8 Å². The molecule has 150 valence electrons. The van der Waals surface area contributed by atoms with Gasteiger partial charge in [-0.1, -0.05) is 83.9 Å². The first kappa shape index (κ1) is 20.4.